The standard InChI is InChI=1S/C13H14O4/c1-7(2)12(13(15)16)9-5-8-3-4-17-11(8)6-10(9)14/h3-7,12,14H,1-2H3,(H,15,16). The Hall–Kier alpha value is -1.97. The summed E-state index contributed by atoms with van der Waals surface area (Å²) in [5, 5.41) is 19.9. The van der Waals surface area contributed by atoms with Crippen molar-refractivity contribution in [2.75, 3.05) is 0 Å². The van der Waals surface area contributed by atoms with Crippen molar-refractivity contribution in [1.29, 1.82) is 0 Å². The van der Waals surface area contributed by atoms with Gasteiger partial charge in [-0.3, -0.25) is 4.79 Å². The van der Waals surface area contributed by atoms with Crippen molar-refractivity contribution in [3.8, 4) is 5.75 Å². The number of hydrogen-bond donors (Lipinski definition) is 2. The number of fused-ring (bicyclic) bond motifs is 1. The summed E-state index contributed by atoms with van der Waals surface area (Å²) < 4.78 is 5.15. The summed E-state index contributed by atoms with van der Waals surface area (Å²) >= 11 is 0. The van der Waals surface area contributed by atoms with Crippen LogP contribution in [0.1, 0.15) is 25.3 Å². The minimum absolute atomic E-state index is 0.0337. The average molecular weight is 234 g/mol. The molecule has 1 aromatic carbocycles. The van der Waals surface area contributed by atoms with Gasteiger partial charge in [0.05, 0.1) is 12.2 Å². The first kappa shape index (κ1) is 11.5. The molecule has 2 rings (SSSR count). The predicted octanol–water partition coefficient (Wildman–Crippen LogP) is 2.96. The van der Waals surface area contributed by atoms with Crippen LogP contribution in [0.15, 0.2) is 28.9 Å². The highest BCUT2D eigenvalue weighted by atomic mass is 16.4. The molecule has 4 nitrogen and oxygen atoms in total. The zero-order valence-corrected chi connectivity index (χ0v) is 9.68. The van der Waals surface area contributed by atoms with Crippen molar-refractivity contribution in [2.45, 2.75) is 19.8 Å². The molecule has 0 bridgehead atoms. The Kier molecular flexibility index (Phi) is 2.79. The van der Waals surface area contributed by atoms with Crippen LogP contribution in [0.3, 0.4) is 0 Å². The lowest BCUT2D eigenvalue weighted by atomic mass is 9.87. The Morgan fingerprint density at radius 3 is 2.65 bits per heavy atom. The second-order valence-electron chi connectivity index (χ2n) is 4.43. The molecule has 0 aliphatic rings. The lowest BCUT2D eigenvalue weighted by Crippen LogP contribution is -2.17. The molecule has 1 unspecified atom stereocenters. The lowest BCUT2D eigenvalue weighted by molar-refractivity contribution is -0.139. The van der Waals surface area contributed by atoms with E-state index in [2.05, 4.69) is 0 Å². The predicted molar refractivity (Wildman–Crippen MR) is 63.1 cm³/mol. The molecular formula is C13H14O4. The van der Waals surface area contributed by atoms with Gasteiger partial charge >= 0.3 is 5.97 Å². The summed E-state index contributed by atoms with van der Waals surface area (Å²) in [5.74, 6) is -1.77. The van der Waals surface area contributed by atoms with Crippen LogP contribution in [0.4, 0.5) is 0 Å². The van der Waals surface area contributed by atoms with Gasteiger partial charge in [0.15, 0.2) is 0 Å². The number of carbonyl (C=O) groups is 1. The van der Waals surface area contributed by atoms with Crippen LogP contribution in [0.5, 0.6) is 5.75 Å². The molecule has 0 radical (unpaired) electrons. The topological polar surface area (TPSA) is 70.7 Å². The number of aromatic hydroxyl groups is 1. The molecule has 0 fully saturated rings. The van der Waals surface area contributed by atoms with E-state index in [0.717, 1.165) is 5.39 Å². The number of carboxylic acid groups (broad SMARTS) is 1. The van der Waals surface area contributed by atoms with Crippen LogP contribution in [0, 0.1) is 5.92 Å². The highest BCUT2D eigenvalue weighted by molar-refractivity contribution is 5.84. The maximum atomic E-state index is 11.2. The van der Waals surface area contributed by atoms with Crippen LogP contribution >= 0.6 is 0 Å². The molecule has 0 saturated carbocycles. The quantitative estimate of drug-likeness (QED) is 0.856. The number of hydrogen-bond acceptors (Lipinski definition) is 3. The van der Waals surface area contributed by atoms with Gasteiger partial charge in [-0.1, -0.05) is 13.8 Å². The van der Waals surface area contributed by atoms with E-state index < -0.39 is 11.9 Å². The Labute approximate surface area is 98.5 Å². The first-order chi connectivity index (χ1) is 8.00. The SMILES string of the molecule is CC(C)C(C(=O)O)c1cc2ccoc2cc1O. The van der Waals surface area contributed by atoms with Gasteiger partial charge in [-0.15, -0.1) is 0 Å². The second kappa shape index (κ2) is 4.13. The van der Waals surface area contributed by atoms with E-state index in [-0.39, 0.29) is 11.7 Å². The summed E-state index contributed by atoms with van der Waals surface area (Å²) in [6, 6.07) is 4.88. The van der Waals surface area contributed by atoms with E-state index in [4.69, 9.17) is 4.42 Å². The second-order valence-corrected chi connectivity index (χ2v) is 4.43. The fraction of sp³-hybridized carbons (Fsp3) is 0.308. The number of benzene rings is 1. The largest absolute Gasteiger partial charge is 0.508 e. The summed E-state index contributed by atoms with van der Waals surface area (Å²) in [5.41, 5.74) is 0.987. The zero-order chi connectivity index (χ0) is 12.6. The molecule has 0 aliphatic heterocycles. The molecule has 2 N–H and O–H groups in total. The average Bonchev–Trinajstić information content (AvgIpc) is 2.64. The fourth-order valence-corrected chi connectivity index (χ4v) is 2.04. The number of rotatable bonds is 3. The van der Waals surface area contributed by atoms with E-state index in [9.17, 15) is 15.0 Å². The minimum atomic E-state index is -0.932. The van der Waals surface area contributed by atoms with E-state index in [0.29, 0.717) is 11.1 Å². The smallest absolute Gasteiger partial charge is 0.311 e. The van der Waals surface area contributed by atoms with Crippen LogP contribution in [-0.2, 0) is 4.79 Å². The minimum Gasteiger partial charge on any atom is -0.508 e. The Morgan fingerprint density at radius 1 is 1.35 bits per heavy atom. The molecule has 90 valence electrons. The van der Waals surface area contributed by atoms with E-state index >= 15 is 0 Å². The summed E-state index contributed by atoms with van der Waals surface area (Å²) in [4.78, 5) is 11.2. The van der Waals surface area contributed by atoms with Gasteiger partial charge in [-0.2, -0.15) is 0 Å². The van der Waals surface area contributed by atoms with E-state index in [1.165, 1.54) is 12.3 Å². The summed E-state index contributed by atoms with van der Waals surface area (Å²) in [6.07, 6.45) is 1.51. The molecule has 1 heterocycles. The number of aliphatic carboxylic acids is 1. The normalized spacial score (nSPS) is 13.1. The first-order valence-electron chi connectivity index (χ1n) is 5.43. The van der Waals surface area contributed by atoms with E-state index in [1.54, 1.807) is 12.1 Å². The van der Waals surface area contributed by atoms with Crippen molar-refractivity contribution >= 4 is 16.9 Å². The van der Waals surface area contributed by atoms with Gasteiger partial charge < -0.3 is 14.6 Å². The Bertz CT molecular complexity index is 554. The van der Waals surface area contributed by atoms with Crippen molar-refractivity contribution in [2.24, 2.45) is 5.92 Å². The molecule has 17 heavy (non-hydrogen) atoms. The monoisotopic (exact) mass is 234 g/mol. The third-order valence-corrected chi connectivity index (χ3v) is 2.87. The van der Waals surface area contributed by atoms with Gasteiger partial charge in [-0.05, 0) is 18.1 Å². The van der Waals surface area contributed by atoms with Crippen molar-refractivity contribution < 1.29 is 19.4 Å². The number of phenols is 1. The highest BCUT2D eigenvalue weighted by Crippen LogP contribution is 2.35. The number of furan rings is 1. The van der Waals surface area contributed by atoms with Crippen LogP contribution in [0.2, 0.25) is 0 Å². The molecule has 1 aromatic heterocycles. The lowest BCUT2D eigenvalue weighted by Gasteiger charge is -2.17. The molecule has 4 heteroatoms. The first-order valence-corrected chi connectivity index (χ1v) is 5.43. The van der Waals surface area contributed by atoms with Gasteiger partial charge in [0, 0.05) is 17.0 Å². The van der Waals surface area contributed by atoms with Crippen LogP contribution in [-0.4, -0.2) is 16.2 Å². The highest BCUT2D eigenvalue weighted by Gasteiger charge is 2.26. The van der Waals surface area contributed by atoms with Crippen molar-refractivity contribution in [1.82, 2.24) is 0 Å². The summed E-state index contributed by atoms with van der Waals surface area (Å²) in [7, 11) is 0. The number of carboxylic acids is 1. The Morgan fingerprint density at radius 2 is 2.06 bits per heavy atom. The number of phenolic OH excluding ortho intramolecular Hbond substituents is 1. The van der Waals surface area contributed by atoms with Crippen LogP contribution in [0.25, 0.3) is 11.0 Å². The summed E-state index contributed by atoms with van der Waals surface area (Å²) in [6.45, 7) is 3.63. The van der Waals surface area contributed by atoms with Gasteiger partial charge in [0.25, 0.3) is 0 Å². The maximum Gasteiger partial charge on any atom is 0.311 e. The van der Waals surface area contributed by atoms with Gasteiger partial charge in [0.1, 0.15) is 11.3 Å². The molecular weight excluding hydrogens is 220 g/mol. The fourth-order valence-electron chi connectivity index (χ4n) is 2.04. The third kappa shape index (κ3) is 1.98. The maximum absolute atomic E-state index is 11.2. The van der Waals surface area contributed by atoms with Crippen molar-refractivity contribution in [3.63, 3.8) is 0 Å². The molecule has 0 spiro atoms. The Balaban J connectivity index is 2.59. The van der Waals surface area contributed by atoms with Gasteiger partial charge in [-0.25, -0.2) is 0 Å². The van der Waals surface area contributed by atoms with Crippen LogP contribution < -0.4 is 0 Å². The van der Waals surface area contributed by atoms with Gasteiger partial charge in [0.2, 0.25) is 0 Å². The molecule has 2 aromatic rings. The molecule has 0 saturated heterocycles. The van der Waals surface area contributed by atoms with Crippen molar-refractivity contribution in [3.05, 3.63) is 30.0 Å². The molecule has 1 atom stereocenters. The third-order valence-electron chi connectivity index (χ3n) is 2.87. The molecule has 0 amide bonds. The molecule has 0 aliphatic carbocycles. The zero-order valence-electron chi connectivity index (χ0n) is 9.68. The van der Waals surface area contributed by atoms with E-state index in [1.807, 2.05) is 13.8 Å².